The van der Waals surface area contributed by atoms with Crippen molar-refractivity contribution in [2.45, 2.75) is 11.8 Å². The zero-order valence-electron chi connectivity index (χ0n) is 9.93. The molecule has 0 heterocycles. The van der Waals surface area contributed by atoms with Crippen LogP contribution in [0.3, 0.4) is 0 Å². The summed E-state index contributed by atoms with van der Waals surface area (Å²) >= 11 is 1.39. The van der Waals surface area contributed by atoms with Gasteiger partial charge in [0.05, 0.1) is 6.61 Å². The van der Waals surface area contributed by atoms with Crippen molar-refractivity contribution >= 4 is 17.7 Å². The number of carboxylic acid groups (broad SMARTS) is 1. The molecule has 5 heteroatoms. The van der Waals surface area contributed by atoms with Crippen molar-refractivity contribution in [2.24, 2.45) is 0 Å². The highest BCUT2D eigenvalue weighted by Gasteiger charge is 2.15. The second kappa shape index (κ2) is 7.19. The van der Waals surface area contributed by atoms with Crippen LogP contribution in [0.1, 0.15) is 17.3 Å². The van der Waals surface area contributed by atoms with E-state index < -0.39 is 5.97 Å². The number of benzene rings is 1. The number of aromatic carboxylic acids is 1. The fraction of sp³-hybridized carbons (Fsp3) is 0.417. The molecule has 0 saturated heterocycles. The van der Waals surface area contributed by atoms with Crippen molar-refractivity contribution in [1.29, 1.82) is 0 Å². The highest BCUT2D eigenvalue weighted by molar-refractivity contribution is 7.98. The van der Waals surface area contributed by atoms with E-state index in [0.717, 1.165) is 0 Å². The predicted octanol–water partition coefficient (Wildman–Crippen LogP) is 2.52. The fourth-order valence-electron chi connectivity index (χ4n) is 1.37. The van der Waals surface area contributed by atoms with Crippen molar-refractivity contribution < 1.29 is 19.4 Å². The minimum atomic E-state index is -0.971. The summed E-state index contributed by atoms with van der Waals surface area (Å²) in [4.78, 5) is 11.9. The van der Waals surface area contributed by atoms with Crippen molar-refractivity contribution in [3.63, 3.8) is 0 Å². The van der Waals surface area contributed by atoms with Crippen LogP contribution in [0.4, 0.5) is 0 Å². The van der Waals surface area contributed by atoms with Gasteiger partial charge in [0.15, 0.2) is 0 Å². The van der Waals surface area contributed by atoms with E-state index in [1.54, 1.807) is 18.2 Å². The number of thioether (sulfide) groups is 1. The van der Waals surface area contributed by atoms with Gasteiger partial charge in [-0.2, -0.15) is 0 Å². The third-order valence-electron chi connectivity index (χ3n) is 2.11. The van der Waals surface area contributed by atoms with Crippen LogP contribution in [0.25, 0.3) is 0 Å². The molecule has 0 unspecified atom stereocenters. The van der Waals surface area contributed by atoms with Gasteiger partial charge in [-0.3, -0.25) is 0 Å². The lowest BCUT2D eigenvalue weighted by atomic mass is 10.2. The average molecular weight is 256 g/mol. The Hall–Kier alpha value is -1.20. The van der Waals surface area contributed by atoms with Gasteiger partial charge >= 0.3 is 5.97 Å². The molecule has 0 aliphatic carbocycles. The van der Waals surface area contributed by atoms with E-state index in [9.17, 15) is 4.79 Å². The molecule has 1 aromatic rings. The molecule has 0 aliphatic heterocycles. The Balaban J connectivity index is 2.79. The van der Waals surface area contributed by atoms with Crippen LogP contribution in [0, 0.1) is 0 Å². The Bertz CT molecular complexity index is 379. The standard InChI is InChI=1S/C12H16O4S/c1-3-15-7-8-16-9-5-4-6-10(17-2)11(9)12(13)14/h4-6H,3,7-8H2,1-2H3,(H,13,14). The van der Waals surface area contributed by atoms with Crippen LogP contribution >= 0.6 is 11.8 Å². The number of hydrogen-bond donors (Lipinski definition) is 1. The Labute approximate surface area is 105 Å². The molecule has 0 fully saturated rings. The summed E-state index contributed by atoms with van der Waals surface area (Å²) in [6.07, 6.45) is 1.84. The lowest BCUT2D eigenvalue weighted by Crippen LogP contribution is -2.10. The van der Waals surface area contributed by atoms with Gasteiger partial charge in [-0.05, 0) is 25.3 Å². The Kier molecular flexibility index (Phi) is 5.86. The van der Waals surface area contributed by atoms with E-state index in [1.165, 1.54) is 11.8 Å². The van der Waals surface area contributed by atoms with Gasteiger partial charge in [-0.15, -0.1) is 11.8 Å². The quantitative estimate of drug-likeness (QED) is 0.600. The molecule has 1 rings (SSSR count). The average Bonchev–Trinajstić information content (AvgIpc) is 2.33. The Morgan fingerprint density at radius 1 is 1.41 bits per heavy atom. The molecule has 4 nitrogen and oxygen atoms in total. The molecule has 1 aromatic carbocycles. The topological polar surface area (TPSA) is 55.8 Å². The molecule has 0 bridgehead atoms. The molecular formula is C12H16O4S. The maximum Gasteiger partial charge on any atom is 0.340 e. The number of carbonyl (C=O) groups is 1. The van der Waals surface area contributed by atoms with Crippen molar-refractivity contribution in [2.75, 3.05) is 26.1 Å². The van der Waals surface area contributed by atoms with Crippen LogP contribution < -0.4 is 4.74 Å². The fourth-order valence-corrected chi connectivity index (χ4v) is 1.97. The largest absolute Gasteiger partial charge is 0.490 e. The first-order valence-electron chi connectivity index (χ1n) is 5.31. The summed E-state index contributed by atoms with van der Waals surface area (Å²) < 4.78 is 10.6. The molecule has 94 valence electrons. The second-order valence-corrected chi connectivity index (χ2v) is 4.03. The Morgan fingerprint density at radius 3 is 2.76 bits per heavy atom. The summed E-state index contributed by atoms with van der Waals surface area (Å²) in [5, 5.41) is 9.16. The maximum atomic E-state index is 11.2. The van der Waals surface area contributed by atoms with Gasteiger partial charge < -0.3 is 14.6 Å². The van der Waals surface area contributed by atoms with E-state index >= 15 is 0 Å². The van der Waals surface area contributed by atoms with Gasteiger partial charge in [0.2, 0.25) is 0 Å². The Morgan fingerprint density at radius 2 is 2.18 bits per heavy atom. The molecule has 1 N–H and O–H groups in total. The molecule has 0 saturated carbocycles. The molecule has 0 spiro atoms. The molecule has 0 aliphatic rings. The normalized spacial score (nSPS) is 10.2. The molecular weight excluding hydrogens is 240 g/mol. The summed E-state index contributed by atoms with van der Waals surface area (Å²) in [6.45, 7) is 3.34. The molecule has 0 aromatic heterocycles. The van der Waals surface area contributed by atoms with Crippen molar-refractivity contribution in [1.82, 2.24) is 0 Å². The van der Waals surface area contributed by atoms with Crippen LogP contribution in [0.15, 0.2) is 23.1 Å². The third kappa shape index (κ3) is 3.94. The highest BCUT2D eigenvalue weighted by atomic mass is 32.2. The number of ether oxygens (including phenoxy) is 2. The first kappa shape index (κ1) is 13.9. The molecule has 0 amide bonds. The third-order valence-corrected chi connectivity index (χ3v) is 2.89. The number of hydrogen-bond acceptors (Lipinski definition) is 4. The van der Waals surface area contributed by atoms with Crippen LogP contribution in [0.5, 0.6) is 5.75 Å². The monoisotopic (exact) mass is 256 g/mol. The highest BCUT2D eigenvalue weighted by Crippen LogP contribution is 2.28. The first-order valence-corrected chi connectivity index (χ1v) is 6.54. The van der Waals surface area contributed by atoms with E-state index in [2.05, 4.69) is 0 Å². The minimum absolute atomic E-state index is 0.219. The van der Waals surface area contributed by atoms with Gasteiger partial charge in [0.1, 0.15) is 17.9 Å². The summed E-state index contributed by atoms with van der Waals surface area (Å²) in [5.74, 6) is -0.578. The van der Waals surface area contributed by atoms with E-state index in [1.807, 2.05) is 13.2 Å². The van der Waals surface area contributed by atoms with Gasteiger partial charge in [0, 0.05) is 11.5 Å². The zero-order chi connectivity index (χ0) is 12.7. The van der Waals surface area contributed by atoms with E-state index in [-0.39, 0.29) is 5.56 Å². The lowest BCUT2D eigenvalue weighted by molar-refractivity contribution is 0.0682. The maximum absolute atomic E-state index is 11.2. The number of carboxylic acids is 1. The minimum Gasteiger partial charge on any atom is -0.490 e. The van der Waals surface area contributed by atoms with Gasteiger partial charge in [-0.1, -0.05) is 6.07 Å². The van der Waals surface area contributed by atoms with Crippen LogP contribution in [-0.4, -0.2) is 37.2 Å². The molecule has 17 heavy (non-hydrogen) atoms. The number of rotatable bonds is 7. The summed E-state index contributed by atoms with van der Waals surface area (Å²) in [7, 11) is 0. The van der Waals surface area contributed by atoms with Gasteiger partial charge in [0.25, 0.3) is 0 Å². The van der Waals surface area contributed by atoms with Crippen molar-refractivity contribution in [3.8, 4) is 5.75 Å². The smallest absolute Gasteiger partial charge is 0.340 e. The lowest BCUT2D eigenvalue weighted by Gasteiger charge is -2.11. The summed E-state index contributed by atoms with van der Waals surface area (Å²) in [6, 6.07) is 5.22. The molecule has 0 atom stereocenters. The summed E-state index contributed by atoms with van der Waals surface area (Å²) in [5.41, 5.74) is 0.219. The SMILES string of the molecule is CCOCCOc1cccc(SC)c1C(=O)O. The van der Waals surface area contributed by atoms with E-state index in [0.29, 0.717) is 30.5 Å². The second-order valence-electron chi connectivity index (χ2n) is 3.18. The van der Waals surface area contributed by atoms with E-state index in [4.69, 9.17) is 14.6 Å². The molecule has 0 radical (unpaired) electrons. The zero-order valence-corrected chi connectivity index (χ0v) is 10.8. The van der Waals surface area contributed by atoms with Gasteiger partial charge in [-0.25, -0.2) is 4.79 Å². The van der Waals surface area contributed by atoms with Crippen LogP contribution in [0.2, 0.25) is 0 Å². The van der Waals surface area contributed by atoms with Crippen LogP contribution in [-0.2, 0) is 4.74 Å². The van der Waals surface area contributed by atoms with Crippen molar-refractivity contribution in [3.05, 3.63) is 23.8 Å². The predicted molar refractivity (Wildman–Crippen MR) is 67.2 cm³/mol. The first-order chi connectivity index (χ1) is 8.20.